The third kappa shape index (κ3) is 4.55. The third-order valence-corrected chi connectivity index (χ3v) is 7.91. The first-order valence-electron chi connectivity index (χ1n) is 14.4. The van der Waals surface area contributed by atoms with Crippen molar-refractivity contribution >= 4 is 21.9 Å². The lowest BCUT2D eigenvalue weighted by atomic mass is 9.98. The Morgan fingerprint density at radius 2 is 1.07 bits per heavy atom. The van der Waals surface area contributed by atoms with Crippen molar-refractivity contribution in [1.82, 2.24) is 19.5 Å². The van der Waals surface area contributed by atoms with Crippen LogP contribution in [0.4, 0.5) is 0 Å². The molecule has 4 aromatic carbocycles. The number of hydrogen-bond donors (Lipinski definition) is 0. The molecule has 0 unspecified atom stereocenters. The van der Waals surface area contributed by atoms with E-state index in [-0.39, 0.29) is 0 Å². The van der Waals surface area contributed by atoms with E-state index in [1.165, 1.54) is 16.5 Å². The van der Waals surface area contributed by atoms with Gasteiger partial charge in [0, 0.05) is 34.4 Å². The summed E-state index contributed by atoms with van der Waals surface area (Å²) < 4.78 is 2.24. The fourth-order valence-electron chi connectivity index (χ4n) is 5.84. The van der Waals surface area contributed by atoms with Crippen molar-refractivity contribution in [2.45, 2.75) is 0 Å². The van der Waals surface area contributed by atoms with Crippen molar-refractivity contribution in [1.29, 1.82) is 0 Å². The summed E-state index contributed by atoms with van der Waals surface area (Å²) in [6, 6.07) is 50.6. The highest BCUT2D eigenvalue weighted by Gasteiger charge is 2.15. The minimum absolute atomic E-state index is 0.837. The topological polar surface area (TPSA) is 43.6 Å². The lowest BCUT2D eigenvalue weighted by molar-refractivity contribution is 1.13. The number of rotatable bonds is 5. The zero-order chi connectivity index (χ0) is 28.6. The van der Waals surface area contributed by atoms with Gasteiger partial charge < -0.3 is 0 Å². The van der Waals surface area contributed by atoms with Crippen LogP contribution in [0.2, 0.25) is 0 Å². The summed E-state index contributed by atoms with van der Waals surface area (Å²) in [7, 11) is 0. The van der Waals surface area contributed by atoms with E-state index in [1.807, 2.05) is 42.7 Å². The normalized spacial score (nSPS) is 11.3. The maximum atomic E-state index is 5.12. The van der Waals surface area contributed by atoms with Gasteiger partial charge in [-0.2, -0.15) is 0 Å². The molecule has 4 heterocycles. The molecule has 4 heteroatoms. The van der Waals surface area contributed by atoms with E-state index in [2.05, 4.69) is 125 Å². The van der Waals surface area contributed by atoms with E-state index < -0.39 is 0 Å². The van der Waals surface area contributed by atoms with Crippen LogP contribution >= 0.6 is 0 Å². The smallest absolute Gasteiger partial charge is 0.145 e. The molecule has 0 saturated heterocycles. The van der Waals surface area contributed by atoms with Gasteiger partial charge in [0.05, 0.1) is 22.6 Å². The molecule has 0 fully saturated rings. The van der Waals surface area contributed by atoms with E-state index >= 15 is 0 Å². The number of benzene rings is 4. The van der Waals surface area contributed by atoms with Gasteiger partial charge in [-0.25, -0.2) is 9.97 Å². The van der Waals surface area contributed by atoms with Gasteiger partial charge in [0.1, 0.15) is 5.65 Å². The first-order chi connectivity index (χ1) is 21.3. The number of para-hydroxylation sites is 1. The van der Waals surface area contributed by atoms with Crippen molar-refractivity contribution in [3.8, 4) is 50.6 Å². The predicted octanol–water partition coefficient (Wildman–Crippen LogP) is 9.64. The van der Waals surface area contributed by atoms with Crippen molar-refractivity contribution in [3.63, 3.8) is 0 Å². The Bertz CT molecular complexity index is 2160. The fraction of sp³-hybridized carbons (Fsp3) is 0. The summed E-state index contributed by atoms with van der Waals surface area (Å²) in [5.41, 5.74) is 11.3. The molecule has 0 amide bonds. The molecule has 0 N–H and O–H groups in total. The SMILES string of the molecule is c1ccc(-c2ccc(-c3cc(-c4cccc(-n5c6ccccc6c6cccnc65)c4)nc(-c4ccccn4)c3)cc2)cc1. The molecule has 0 atom stereocenters. The van der Waals surface area contributed by atoms with Crippen LogP contribution < -0.4 is 0 Å². The Balaban J connectivity index is 1.27. The molecule has 8 rings (SSSR count). The highest BCUT2D eigenvalue weighted by molar-refractivity contribution is 6.07. The number of hydrogen-bond acceptors (Lipinski definition) is 3. The molecule has 8 aromatic rings. The lowest BCUT2D eigenvalue weighted by Gasteiger charge is -2.12. The van der Waals surface area contributed by atoms with E-state index in [1.54, 1.807) is 0 Å². The van der Waals surface area contributed by atoms with Crippen LogP contribution in [-0.4, -0.2) is 19.5 Å². The number of fused-ring (bicyclic) bond motifs is 3. The van der Waals surface area contributed by atoms with E-state index in [9.17, 15) is 0 Å². The minimum Gasteiger partial charge on any atom is -0.294 e. The third-order valence-electron chi connectivity index (χ3n) is 7.91. The quantitative estimate of drug-likeness (QED) is 0.214. The highest BCUT2D eigenvalue weighted by atomic mass is 15.0. The Labute approximate surface area is 249 Å². The Kier molecular flexibility index (Phi) is 6.08. The summed E-state index contributed by atoms with van der Waals surface area (Å²) in [6.07, 6.45) is 3.67. The van der Waals surface area contributed by atoms with Crippen LogP contribution in [0, 0.1) is 0 Å². The number of pyridine rings is 3. The van der Waals surface area contributed by atoms with Gasteiger partial charge in [-0.3, -0.25) is 9.55 Å². The van der Waals surface area contributed by atoms with E-state index in [0.29, 0.717) is 0 Å². The first kappa shape index (κ1) is 24.9. The fourth-order valence-corrected chi connectivity index (χ4v) is 5.84. The molecule has 0 spiro atoms. The second-order valence-corrected chi connectivity index (χ2v) is 10.6. The maximum absolute atomic E-state index is 5.12. The predicted molar refractivity (Wildman–Crippen MR) is 176 cm³/mol. The molecule has 0 aliphatic heterocycles. The summed E-state index contributed by atoms with van der Waals surface area (Å²) in [5, 5.41) is 2.33. The van der Waals surface area contributed by atoms with Crippen molar-refractivity contribution in [2.24, 2.45) is 0 Å². The van der Waals surface area contributed by atoms with E-state index in [0.717, 1.165) is 56.0 Å². The van der Waals surface area contributed by atoms with Crippen LogP contribution in [-0.2, 0) is 0 Å². The largest absolute Gasteiger partial charge is 0.294 e. The maximum Gasteiger partial charge on any atom is 0.145 e. The molecule has 0 saturated carbocycles. The zero-order valence-corrected chi connectivity index (χ0v) is 23.3. The minimum atomic E-state index is 0.837. The Hall–Kier alpha value is -5.87. The van der Waals surface area contributed by atoms with Crippen LogP contribution in [0.15, 0.2) is 158 Å². The molecule has 202 valence electrons. The molecule has 0 aliphatic carbocycles. The lowest BCUT2D eigenvalue weighted by Crippen LogP contribution is -1.97. The van der Waals surface area contributed by atoms with Gasteiger partial charge in [0.15, 0.2) is 0 Å². The second kappa shape index (κ2) is 10.5. The van der Waals surface area contributed by atoms with Crippen LogP contribution in [0.25, 0.3) is 72.5 Å². The van der Waals surface area contributed by atoms with Crippen LogP contribution in [0.1, 0.15) is 0 Å². The zero-order valence-electron chi connectivity index (χ0n) is 23.3. The molecule has 0 radical (unpaired) electrons. The molecule has 4 aromatic heterocycles. The first-order valence-corrected chi connectivity index (χ1v) is 14.4. The van der Waals surface area contributed by atoms with Crippen molar-refractivity contribution in [2.75, 3.05) is 0 Å². The summed E-state index contributed by atoms with van der Waals surface area (Å²) in [5.74, 6) is 0. The van der Waals surface area contributed by atoms with Crippen LogP contribution in [0.5, 0.6) is 0 Å². The van der Waals surface area contributed by atoms with Gasteiger partial charge in [0.25, 0.3) is 0 Å². The van der Waals surface area contributed by atoms with Gasteiger partial charge >= 0.3 is 0 Å². The molecular weight excluding hydrogens is 524 g/mol. The summed E-state index contributed by atoms with van der Waals surface area (Å²) in [4.78, 5) is 14.5. The second-order valence-electron chi connectivity index (χ2n) is 10.6. The standard InChI is InChI=1S/C39H26N4/c1-2-10-27(11-3-1)28-18-20-29(21-19-28)31-25-36(42-37(26-31)35-16-6-7-22-40-35)30-12-8-13-32(24-30)43-38-17-5-4-14-33(38)34-15-9-23-41-39(34)43/h1-26H. The molecule has 4 nitrogen and oxygen atoms in total. The van der Waals surface area contributed by atoms with E-state index in [4.69, 9.17) is 9.97 Å². The molecule has 0 bridgehead atoms. The van der Waals surface area contributed by atoms with Crippen LogP contribution in [0.3, 0.4) is 0 Å². The monoisotopic (exact) mass is 550 g/mol. The molecular formula is C39H26N4. The van der Waals surface area contributed by atoms with Gasteiger partial charge in [-0.15, -0.1) is 0 Å². The van der Waals surface area contributed by atoms with Gasteiger partial charge in [0.2, 0.25) is 0 Å². The number of nitrogens with zero attached hydrogens (tertiary/aromatic N) is 4. The summed E-state index contributed by atoms with van der Waals surface area (Å²) in [6.45, 7) is 0. The average molecular weight is 551 g/mol. The highest BCUT2D eigenvalue weighted by Crippen LogP contribution is 2.34. The van der Waals surface area contributed by atoms with Gasteiger partial charge in [-0.1, -0.05) is 91.0 Å². The Morgan fingerprint density at radius 1 is 0.395 bits per heavy atom. The van der Waals surface area contributed by atoms with Gasteiger partial charge in [-0.05, 0) is 76.9 Å². The average Bonchev–Trinajstić information content (AvgIpc) is 3.43. The molecule has 43 heavy (non-hydrogen) atoms. The number of aromatic nitrogens is 4. The van der Waals surface area contributed by atoms with Crippen molar-refractivity contribution in [3.05, 3.63) is 158 Å². The molecule has 0 aliphatic rings. The van der Waals surface area contributed by atoms with Crippen molar-refractivity contribution < 1.29 is 0 Å². The summed E-state index contributed by atoms with van der Waals surface area (Å²) >= 11 is 0. The Morgan fingerprint density at radius 3 is 1.91 bits per heavy atom.